The van der Waals surface area contributed by atoms with Crippen LogP contribution in [0.15, 0.2) is 59.4 Å². The molecule has 3 rings (SSSR count). The monoisotopic (exact) mass is 415 g/mol. The van der Waals surface area contributed by atoms with Gasteiger partial charge in [-0.05, 0) is 42.0 Å². The number of benzene rings is 2. The Balaban J connectivity index is 1.77. The van der Waals surface area contributed by atoms with Gasteiger partial charge in [-0.3, -0.25) is 10.1 Å². The summed E-state index contributed by atoms with van der Waals surface area (Å²) in [4.78, 5) is 24.0. The van der Waals surface area contributed by atoms with Gasteiger partial charge < -0.3 is 9.47 Å². The van der Waals surface area contributed by atoms with Crippen LogP contribution in [0.5, 0.6) is 0 Å². The lowest BCUT2D eigenvalue weighted by atomic mass is 10.1. The zero-order chi connectivity index (χ0) is 21.5. The fraction of sp³-hybridized carbons (Fsp3) is 0.190. The van der Waals surface area contributed by atoms with E-state index in [0.717, 1.165) is 12.1 Å². The molecule has 0 bridgehead atoms. The number of nitrogens with zero attached hydrogens (tertiary/aromatic N) is 2. The van der Waals surface area contributed by atoms with Crippen molar-refractivity contribution < 1.29 is 23.0 Å². The average molecular weight is 415 g/mol. The van der Waals surface area contributed by atoms with Crippen LogP contribution in [0.25, 0.3) is 11.3 Å². The highest BCUT2D eigenvalue weighted by Crippen LogP contribution is 2.19. The Morgan fingerprint density at radius 3 is 2.67 bits per heavy atom. The molecule has 0 saturated heterocycles. The molecule has 0 unspecified atom stereocenters. The van der Waals surface area contributed by atoms with Crippen LogP contribution in [0.1, 0.15) is 5.56 Å². The topological polar surface area (TPSA) is 82.4 Å². The predicted molar refractivity (Wildman–Crippen MR) is 106 cm³/mol. The normalized spacial score (nSPS) is 10.6. The number of carbonyl (C=O) groups is 1. The molecule has 1 heterocycles. The minimum absolute atomic E-state index is 0.116. The second kappa shape index (κ2) is 9.75. The molecule has 0 aliphatic rings. The molecule has 0 aliphatic heterocycles. The quantitative estimate of drug-likeness (QED) is 0.598. The second-order valence-electron chi connectivity index (χ2n) is 6.30. The number of methoxy groups -OCH3 is 1. The van der Waals surface area contributed by atoms with Crippen molar-refractivity contribution in [1.82, 2.24) is 9.78 Å². The van der Waals surface area contributed by atoms with E-state index in [4.69, 9.17) is 9.47 Å². The SMILES string of the molecule is COCCOC(=O)Nc1cccc(Cn2nc(-c3ccc(F)c(F)c3)ccc2=O)c1. The minimum atomic E-state index is -0.997. The Hall–Kier alpha value is -3.59. The van der Waals surface area contributed by atoms with E-state index < -0.39 is 17.7 Å². The van der Waals surface area contributed by atoms with Crippen LogP contribution in [0.3, 0.4) is 0 Å². The third-order valence-corrected chi connectivity index (χ3v) is 4.11. The van der Waals surface area contributed by atoms with Gasteiger partial charge in [-0.15, -0.1) is 0 Å². The molecule has 0 saturated carbocycles. The van der Waals surface area contributed by atoms with E-state index in [0.29, 0.717) is 22.5 Å². The summed E-state index contributed by atoms with van der Waals surface area (Å²) in [6.45, 7) is 0.527. The molecule has 0 aliphatic carbocycles. The summed E-state index contributed by atoms with van der Waals surface area (Å²) in [6.07, 6.45) is -0.625. The predicted octanol–water partition coefficient (Wildman–Crippen LogP) is 3.43. The number of ether oxygens (including phenoxy) is 2. The van der Waals surface area contributed by atoms with Crippen molar-refractivity contribution in [2.45, 2.75) is 6.54 Å². The molecular weight excluding hydrogens is 396 g/mol. The van der Waals surface area contributed by atoms with Crippen LogP contribution < -0.4 is 10.9 Å². The van der Waals surface area contributed by atoms with Gasteiger partial charge in [-0.25, -0.2) is 18.3 Å². The number of halogens is 2. The van der Waals surface area contributed by atoms with Crippen molar-refractivity contribution in [2.24, 2.45) is 0 Å². The summed E-state index contributed by atoms with van der Waals surface area (Å²) >= 11 is 0. The highest BCUT2D eigenvalue weighted by molar-refractivity contribution is 5.84. The van der Waals surface area contributed by atoms with Gasteiger partial charge in [0.05, 0.1) is 18.8 Å². The van der Waals surface area contributed by atoms with E-state index in [1.807, 2.05) is 0 Å². The molecule has 3 aromatic rings. The van der Waals surface area contributed by atoms with Crippen molar-refractivity contribution in [3.63, 3.8) is 0 Å². The third-order valence-electron chi connectivity index (χ3n) is 4.11. The number of carbonyl (C=O) groups excluding carboxylic acids is 1. The summed E-state index contributed by atoms with van der Waals surface area (Å²) in [5, 5.41) is 6.83. The van der Waals surface area contributed by atoms with Crippen molar-refractivity contribution in [1.29, 1.82) is 0 Å². The molecule has 9 heteroatoms. The molecule has 0 atom stereocenters. The maximum atomic E-state index is 13.5. The summed E-state index contributed by atoms with van der Waals surface area (Å²) in [7, 11) is 1.50. The van der Waals surface area contributed by atoms with Gasteiger partial charge >= 0.3 is 6.09 Å². The summed E-state index contributed by atoms with van der Waals surface area (Å²) in [5.41, 5.74) is 1.49. The largest absolute Gasteiger partial charge is 0.447 e. The van der Waals surface area contributed by atoms with Crippen LogP contribution in [-0.2, 0) is 16.0 Å². The lowest BCUT2D eigenvalue weighted by Crippen LogP contribution is -2.23. The van der Waals surface area contributed by atoms with E-state index in [1.54, 1.807) is 24.3 Å². The number of aromatic nitrogens is 2. The van der Waals surface area contributed by atoms with Gasteiger partial charge in [0.1, 0.15) is 6.61 Å². The van der Waals surface area contributed by atoms with Crippen LogP contribution >= 0.6 is 0 Å². The zero-order valence-corrected chi connectivity index (χ0v) is 16.1. The first-order valence-electron chi connectivity index (χ1n) is 9.01. The fourth-order valence-electron chi connectivity index (χ4n) is 2.66. The van der Waals surface area contributed by atoms with Crippen molar-refractivity contribution >= 4 is 11.8 Å². The third kappa shape index (κ3) is 5.48. The number of rotatable bonds is 7. The van der Waals surface area contributed by atoms with E-state index in [9.17, 15) is 18.4 Å². The zero-order valence-electron chi connectivity index (χ0n) is 16.1. The lowest BCUT2D eigenvalue weighted by Gasteiger charge is -2.10. The van der Waals surface area contributed by atoms with Gasteiger partial charge in [0, 0.05) is 24.4 Å². The Morgan fingerprint density at radius 1 is 1.07 bits per heavy atom. The number of amides is 1. The van der Waals surface area contributed by atoms with Gasteiger partial charge in [0.15, 0.2) is 11.6 Å². The molecule has 1 N–H and O–H groups in total. The first kappa shape index (κ1) is 21.1. The molecular formula is C21H19F2N3O4. The highest BCUT2D eigenvalue weighted by Gasteiger charge is 2.09. The van der Waals surface area contributed by atoms with Crippen LogP contribution in [0.4, 0.5) is 19.3 Å². The minimum Gasteiger partial charge on any atom is -0.447 e. The molecule has 0 fully saturated rings. The Bertz CT molecular complexity index is 1100. The summed E-state index contributed by atoms with van der Waals surface area (Å²) in [5.74, 6) is -1.96. The number of nitrogens with one attached hydrogen (secondary N) is 1. The molecule has 30 heavy (non-hydrogen) atoms. The maximum Gasteiger partial charge on any atom is 0.411 e. The van der Waals surface area contributed by atoms with Crippen molar-refractivity contribution in [2.75, 3.05) is 25.6 Å². The van der Waals surface area contributed by atoms with E-state index in [-0.39, 0.29) is 25.3 Å². The summed E-state index contributed by atoms with van der Waals surface area (Å²) < 4.78 is 37.6. The maximum absolute atomic E-state index is 13.5. The van der Waals surface area contributed by atoms with Crippen LogP contribution in [0, 0.1) is 11.6 Å². The van der Waals surface area contributed by atoms with Gasteiger partial charge in [0.25, 0.3) is 5.56 Å². The average Bonchev–Trinajstić information content (AvgIpc) is 2.72. The molecule has 2 aromatic carbocycles. The van der Waals surface area contributed by atoms with Gasteiger partial charge in [-0.1, -0.05) is 12.1 Å². The molecule has 1 aromatic heterocycles. The molecule has 156 valence electrons. The molecule has 7 nitrogen and oxygen atoms in total. The van der Waals surface area contributed by atoms with Crippen molar-refractivity contribution in [3.8, 4) is 11.3 Å². The molecule has 0 spiro atoms. The van der Waals surface area contributed by atoms with E-state index in [2.05, 4.69) is 10.4 Å². The van der Waals surface area contributed by atoms with Crippen LogP contribution in [-0.4, -0.2) is 36.2 Å². The van der Waals surface area contributed by atoms with E-state index >= 15 is 0 Å². The Labute approximate surface area is 170 Å². The van der Waals surface area contributed by atoms with Crippen LogP contribution in [0.2, 0.25) is 0 Å². The first-order chi connectivity index (χ1) is 14.5. The highest BCUT2D eigenvalue weighted by atomic mass is 19.2. The smallest absolute Gasteiger partial charge is 0.411 e. The van der Waals surface area contributed by atoms with Gasteiger partial charge in [-0.2, -0.15) is 5.10 Å². The first-order valence-corrected chi connectivity index (χ1v) is 9.01. The van der Waals surface area contributed by atoms with E-state index in [1.165, 1.54) is 30.0 Å². The van der Waals surface area contributed by atoms with Crippen molar-refractivity contribution in [3.05, 3.63) is 82.1 Å². The fourth-order valence-corrected chi connectivity index (χ4v) is 2.66. The second-order valence-corrected chi connectivity index (χ2v) is 6.30. The number of hydrogen-bond acceptors (Lipinski definition) is 5. The number of anilines is 1. The standard InChI is InChI=1S/C21H19F2N3O4/c1-29-9-10-30-21(28)24-16-4-2-3-14(11-16)13-26-20(27)8-7-19(25-26)15-5-6-17(22)18(23)12-15/h2-8,11-12H,9-10,13H2,1H3,(H,24,28). The van der Waals surface area contributed by atoms with Gasteiger partial charge in [0.2, 0.25) is 0 Å². The Kier molecular flexibility index (Phi) is 6.87. The lowest BCUT2D eigenvalue weighted by molar-refractivity contribution is 0.107. The summed E-state index contributed by atoms with van der Waals surface area (Å²) in [6, 6.07) is 13.0. The number of hydrogen-bond donors (Lipinski definition) is 1. The molecule has 0 radical (unpaired) electrons. The molecule has 1 amide bonds. The Morgan fingerprint density at radius 2 is 1.90 bits per heavy atom.